The standard InChI is InChI=1S/C4H11NS2/c1-3-4(6,7)5-2/h5-7H,3H2,1-2H3. The molecule has 0 aliphatic rings. The number of hydrogen-bond acceptors (Lipinski definition) is 3. The van der Waals surface area contributed by atoms with Crippen LogP contribution in [0.15, 0.2) is 0 Å². The summed E-state index contributed by atoms with van der Waals surface area (Å²) in [5.74, 6) is 0. The van der Waals surface area contributed by atoms with Crippen molar-refractivity contribution >= 4 is 25.3 Å². The minimum Gasteiger partial charge on any atom is -0.298 e. The van der Waals surface area contributed by atoms with E-state index in [0.29, 0.717) is 0 Å². The van der Waals surface area contributed by atoms with Gasteiger partial charge in [-0.25, -0.2) is 0 Å². The van der Waals surface area contributed by atoms with Crippen LogP contribution >= 0.6 is 25.3 Å². The van der Waals surface area contributed by atoms with Gasteiger partial charge in [0.15, 0.2) is 0 Å². The van der Waals surface area contributed by atoms with Gasteiger partial charge in [0.2, 0.25) is 0 Å². The van der Waals surface area contributed by atoms with Gasteiger partial charge in [0.1, 0.15) is 4.20 Å². The second kappa shape index (κ2) is 2.84. The predicted octanol–water partition coefficient (Wildman–Crippen LogP) is 1.13. The van der Waals surface area contributed by atoms with Crippen LogP contribution in [0, 0.1) is 0 Å². The molecule has 0 aliphatic carbocycles. The minimum absolute atomic E-state index is 0.278. The van der Waals surface area contributed by atoms with Gasteiger partial charge in [0.05, 0.1) is 0 Å². The van der Waals surface area contributed by atoms with Gasteiger partial charge in [0, 0.05) is 0 Å². The largest absolute Gasteiger partial charge is 0.298 e. The molecule has 0 aromatic carbocycles. The Bertz CT molecular complexity index is 47.7. The molecule has 0 aromatic heterocycles. The predicted molar refractivity (Wildman–Crippen MR) is 40.1 cm³/mol. The molecule has 3 heteroatoms. The second-order valence-corrected chi connectivity index (χ2v) is 3.30. The van der Waals surface area contributed by atoms with Crippen molar-refractivity contribution in [2.45, 2.75) is 17.5 Å². The lowest BCUT2D eigenvalue weighted by molar-refractivity contribution is 0.677. The van der Waals surface area contributed by atoms with E-state index in [-0.39, 0.29) is 4.20 Å². The molecule has 1 nitrogen and oxygen atoms in total. The fourth-order valence-corrected chi connectivity index (χ4v) is 0.177. The van der Waals surface area contributed by atoms with E-state index in [1.807, 2.05) is 14.0 Å². The van der Waals surface area contributed by atoms with Crippen molar-refractivity contribution in [3.8, 4) is 0 Å². The van der Waals surface area contributed by atoms with Crippen molar-refractivity contribution in [2.75, 3.05) is 7.05 Å². The molecule has 0 saturated carbocycles. The first-order valence-electron chi connectivity index (χ1n) is 2.26. The second-order valence-electron chi connectivity index (χ2n) is 1.42. The van der Waals surface area contributed by atoms with Crippen LogP contribution in [-0.2, 0) is 0 Å². The molecule has 0 bridgehead atoms. The third-order valence-electron chi connectivity index (χ3n) is 0.893. The van der Waals surface area contributed by atoms with Gasteiger partial charge in [-0.3, -0.25) is 5.32 Å². The van der Waals surface area contributed by atoms with Crippen LogP contribution in [-0.4, -0.2) is 11.3 Å². The highest BCUT2D eigenvalue weighted by atomic mass is 32.2. The summed E-state index contributed by atoms with van der Waals surface area (Å²) in [4.78, 5) is 0. The molecular weight excluding hydrogens is 126 g/mol. The highest BCUT2D eigenvalue weighted by molar-refractivity contribution is 8.00. The quantitative estimate of drug-likeness (QED) is 0.383. The first kappa shape index (κ1) is 7.66. The first-order valence-corrected chi connectivity index (χ1v) is 3.15. The van der Waals surface area contributed by atoms with Crippen LogP contribution in [0.1, 0.15) is 13.3 Å². The van der Waals surface area contributed by atoms with E-state index >= 15 is 0 Å². The van der Waals surface area contributed by atoms with E-state index < -0.39 is 0 Å². The lowest BCUT2D eigenvalue weighted by atomic mass is 10.5. The third kappa shape index (κ3) is 3.26. The first-order chi connectivity index (χ1) is 3.12. The Kier molecular flexibility index (Phi) is 3.11. The fraction of sp³-hybridized carbons (Fsp3) is 1.00. The van der Waals surface area contributed by atoms with E-state index in [0.717, 1.165) is 6.42 Å². The SMILES string of the molecule is CCC(S)(S)NC. The zero-order chi connectivity index (χ0) is 5.91. The van der Waals surface area contributed by atoms with Gasteiger partial charge >= 0.3 is 0 Å². The van der Waals surface area contributed by atoms with Gasteiger partial charge in [-0.2, -0.15) is 0 Å². The monoisotopic (exact) mass is 137 g/mol. The number of hydrogen-bond donors (Lipinski definition) is 3. The van der Waals surface area contributed by atoms with Gasteiger partial charge in [-0.05, 0) is 13.5 Å². The smallest absolute Gasteiger partial charge is 0.105 e. The maximum atomic E-state index is 4.14. The Morgan fingerprint density at radius 1 is 1.57 bits per heavy atom. The van der Waals surface area contributed by atoms with Gasteiger partial charge in [-0.15, -0.1) is 25.3 Å². The van der Waals surface area contributed by atoms with E-state index in [1.54, 1.807) is 0 Å². The number of nitrogens with one attached hydrogen (secondary N) is 1. The maximum absolute atomic E-state index is 4.14. The van der Waals surface area contributed by atoms with Crippen LogP contribution in [0.2, 0.25) is 0 Å². The van der Waals surface area contributed by atoms with Crippen LogP contribution < -0.4 is 5.32 Å². The molecule has 0 spiro atoms. The Balaban J connectivity index is 3.36. The Labute approximate surface area is 55.7 Å². The minimum atomic E-state index is -0.278. The third-order valence-corrected chi connectivity index (χ3v) is 1.97. The highest BCUT2D eigenvalue weighted by Gasteiger charge is 2.11. The zero-order valence-electron chi connectivity index (χ0n) is 4.60. The molecule has 0 atom stereocenters. The molecule has 1 N–H and O–H groups in total. The van der Waals surface area contributed by atoms with E-state index in [1.165, 1.54) is 0 Å². The van der Waals surface area contributed by atoms with Crippen molar-refractivity contribution in [2.24, 2.45) is 0 Å². The average molecular weight is 137 g/mol. The Morgan fingerprint density at radius 2 is 2.00 bits per heavy atom. The maximum Gasteiger partial charge on any atom is 0.105 e. The summed E-state index contributed by atoms with van der Waals surface area (Å²) in [6, 6.07) is 0. The molecule has 0 saturated heterocycles. The summed E-state index contributed by atoms with van der Waals surface area (Å²) in [5, 5.41) is 2.92. The molecular formula is C4H11NS2. The van der Waals surface area contributed by atoms with Crippen LogP contribution in [0.3, 0.4) is 0 Å². The lowest BCUT2D eigenvalue weighted by Gasteiger charge is -2.18. The topological polar surface area (TPSA) is 12.0 Å². The molecule has 7 heavy (non-hydrogen) atoms. The van der Waals surface area contributed by atoms with Gasteiger partial charge < -0.3 is 0 Å². The van der Waals surface area contributed by atoms with Crippen molar-refractivity contribution in [3.05, 3.63) is 0 Å². The lowest BCUT2D eigenvalue weighted by Crippen LogP contribution is -2.29. The normalized spacial score (nSPS) is 12.0. The summed E-state index contributed by atoms with van der Waals surface area (Å²) in [7, 11) is 1.84. The van der Waals surface area contributed by atoms with Crippen molar-refractivity contribution in [1.29, 1.82) is 0 Å². The summed E-state index contributed by atoms with van der Waals surface area (Å²) < 4.78 is -0.278. The van der Waals surface area contributed by atoms with E-state index in [4.69, 9.17) is 0 Å². The molecule has 0 fully saturated rings. The molecule has 0 aromatic rings. The van der Waals surface area contributed by atoms with Crippen LogP contribution in [0.4, 0.5) is 0 Å². The van der Waals surface area contributed by atoms with Crippen molar-refractivity contribution in [3.63, 3.8) is 0 Å². The number of rotatable bonds is 2. The van der Waals surface area contributed by atoms with Gasteiger partial charge in [-0.1, -0.05) is 6.92 Å². The van der Waals surface area contributed by atoms with Crippen molar-refractivity contribution in [1.82, 2.24) is 5.32 Å². The summed E-state index contributed by atoms with van der Waals surface area (Å²) in [5.41, 5.74) is 0. The number of thiol groups is 2. The molecule has 0 unspecified atom stereocenters. The molecule has 0 rings (SSSR count). The molecule has 0 aliphatic heterocycles. The molecule has 0 heterocycles. The summed E-state index contributed by atoms with van der Waals surface area (Å²) in [6.45, 7) is 2.02. The van der Waals surface area contributed by atoms with Crippen LogP contribution in [0.5, 0.6) is 0 Å². The molecule has 0 radical (unpaired) electrons. The molecule has 44 valence electrons. The summed E-state index contributed by atoms with van der Waals surface area (Å²) in [6.07, 6.45) is 0.912. The summed E-state index contributed by atoms with van der Waals surface area (Å²) >= 11 is 8.28. The van der Waals surface area contributed by atoms with Crippen molar-refractivity contribution < 1.29 is 0 Å². The zero-order valence-corrected chi connectivity index (χ0v) is 6.39. The van der Waals surface area contributed by atoms with E-state index in [9.17, 15) is 0 Å². The van der Waals surface area contributed by atoms with Crippen LogP contribution in [0.25, 0.3) is 0 Å². The molecule has 0 amide bonds. The van der Waals surface area contributed by atoms with Gasteiger partial charge in [0.25, 0.3) is 0 Å². The fourth-order valence-electron chi connectivity index (χ4n) is 0.177. The van der Waals surface area contributed by atoms with E-state index in [2.05, 4.69) is 30.6 Å². The Hall–Kier alpha value is 0.660. The average Bonchev–Trinajstić information content (AvgIpc) is 1.68. The Morgan fingerprint density at radius 3 is 2.00 bits per heavy atom. The highest BCUT2D eigenvalue weighted by Crippen LogP contribution is 2.17.